The number of para-hydroxylation sites is 1. The molecule has 0 radical (unpaired) electrons. The molecule has 7 heteroatoms. The van der Waals surface area contributed by atoms with E-state index in [9.17, 15) is 13.2 Å². The fourth-order valence-corrected chi connectivity index (χ4v) is 6.42. The second kappa shape index (κ2) is 10.6. The number of hydrogen-bond donors (Lipinski definition) is 1. The molecule has 1 aliphatic heterocycles. The molecular formula is C30H36N2O4S. The summed E-state index contributed by atoms with van der Waals surface area (Å²) in [5, 5.41) is 3.14. The molecule has 196 valence electrons. The number of aryl methyl sites for hydroxylation is 2. The molecule has 3 aromatic rings. The van der Waals surface area contributed by atoms with Crippen LogP contribution in [0.1, 0.15) is 61.4 Å². The number of ether oxygens (including phenoxy) is 1. The van der Waals surface area contributed by atoms with Crippen LogP contribution in [0.4, 0.5) is 5.69 Å². The van der Waals surface area contributed by atoms with Crippen LogP contribution < -0.4 is 14.4 Å². The molecule has 1 heterocycles. The number of carbonyl (C=O) groups is 1. The monoisotopic (exact) mass is 520 g/mol. The SMILES string of the molecule is CCC1(CC)CC(NC(=O)CN(c2cccc(C)c2C)S(=O)(=O)c2ccc(C)cc2)c2ccccc2O1. The second-order valence-corrected chi connectivity index (χ2v) is 11.8. The second-order valence-electron chi connectivity index (χ2n) is 9.90. The number of carbonyl (C=O) groups excluding carboxylic acids is 1. The van der Waals surface area contributed by atoms with E-state index in [2.05, 4.69) is 19.2 Å². The summed E-state index contributed by atoms with van der Waals surface area (Å²) in [6.45, 7) is 9.57. The fourth-order valence-electron chi connectivity index (χ4n) is 4.94. The predicted molar refractivity (Wildman–Crippen MR) is 148 cm³/mol. The van der Waals surface area contributed by atoms with E-state index in [-0.39, 0.29) is 29.0 Å². The Bertz CT molecular complexity index is 1380. The third-order valence-corrected chi connectivity index (χ3v) is 9.34. The Kier molecular flexibility index (Phi) is 7.64. The molecule has 0 bridgehead atoms. The average molecular weight is 521 g/mol. The van der Waals surface area contributed by atoms with E-state index in [1.165, 1.54) is 4.31 Å². The van der Waals surface area contributed by atoms with Gasteiger partial charge in [0.1, 0.15) is 17.9 Å². The lowest BCUT2D eigenvalue weighted by Crippen LogP contribution is -2.47. The van der Waals surface area contributed by atoms with Gasteiger partial charge in [-0.25, -0.2) is 8.42 Å². The summed E-state index contributed by atoms with van der Waals surface area (Å²) in [7, 11) is -3.99. The van der Waals surface area contributed by atoms with Crippen LogP contribution in [0.2, 0.25) is 0 Å². The van der Waals surface area contributed by atoms with Crippen LogP contribution >= 0.6 is 0 Å². The lowest BCUT2D eigenvalue weighted by molar-refractivity contribution is -0.121. The van der Waals surface area contributed by atoms with Crippen molar-refractivity contribution < 1.29 is 17.9 Å². The van der Waals surface area contributed by atoms with E-state index < -0.39 is 10.0 Å². The molecule has 0 saturated carbocycles. The lowest BCUT2D eigenvalue weighted by Gasteiger charge is -2.41. The van der Waals surface area contributed by atoms with Crippen molar-refractivity contribution >= 4 is 21.6 Å². The molecule has 0 aliphatic carbocycles. The zero-order chi connectivity index (χ0) is 26.8. The lowest BCUT2D eigenvalue weighted by atomic mass is 9.83. The normalized spacial score (nSPS) is 16.4. The first-order valence-electron chi connectivity index (χ1n) is 12.8. The van der Waals surface area contributed by atoms with Gasteiger partial charge in [0.2, 0.25) is 5.91 Å². The number of sulfonamides is 1. The van der Waals surface area contributed by atoms with Crippen molar-refractivity contribution in [2.75, 3.05) is 10.8 Å². The molecule has 0 fully saturated rings. The van der Waals surface area contributed by atoms with Crippen molar-refractivity contribution in [1.29, 1.82) is 0 Å². The van der Waals surface area contributed by atoms with E-state index in [0.29, 0.717) is 12.1 Å². The summed E-state index contributed by atoms with van der Waals surface area (Å²) in [6, 6.07) is 19.7. The Hall–Kier alpha value is -3.32. The van der Waals surface area contributed by atoms with Crippen molar-refractivity contribution in [2.45, 2.75) is 70.4 Å². The molecule has 0 saturated heterocycles. The van der Waals surface area contributed by atoms with Gasteiger partial charge in [0, 0.05) is 12.0 Å². The van der Waals surface area contributed by atoms with Gasteiger partial charge in [0.05, 0.1) is 16.6 Å². The third kappa shape index (κ3) is 5.37. The average Bonchev–Trinajstić information content (AvgIpc) is 2.89. The van der Waals surface area contributed by atoms with E-state index in [1.807, 2.05) is 57.2 Å². The first kappa shape index (κ1) is 26.7. The molecule has 4 rings (SSSR count). The summed E-state index contributed by atoms with van der Waals surface area (Å²) in [4.78, 5) is 13.7. The van der Waals surface area contributed by atoms with Crippen molar-refractivity contribution in [3.8, 4) is 5.75 Å². The first-order chi connectivity index (χ1) is 17.6. The van der Waals surface area contributed by atoms with Crippen molar-refractivity contribution in [3.63, 3.8) is 0 Å². The number of anilines is 1. The van der Waals surface area contributed by atoms with Crippen LogP contribution in [-0.4, -0.2) is 26.5 Å². The number of nitrogens with one attached hydrogen (secondary N) is 1. The van der Waals surface area contributed by atoms with E-state index in [4.69, 9.17) is 4.74 Å². The van der Waals surface area contributed by atoms with Crippen LogP contribution in [0.3, 0.4) is 0 Å². The minimum atomic E-state index is -3.99. The van der Waals surface area contributed by atoms with Gasteiger partial charge in [-0.05, 0) is 69.0 Å². The maximum atomic E-state index is 13.9. The van der Waals surface area contributed by atoms with Gasteiger partial charge < -0.3 is 10.1 Å². The van der Waals surface area contributed by atoms with E-state index in [0.717, 1.165) is 40.8 Å². The van der Waals surface area contributed by atoms with Gasteiger partial charge in [0.25, 0.3) is 10.0 Å². The zero-order valence-corrected chi connectivity index (χ0v) is 23.1. The minimum absolute atomic E-state index is 0.152. The maximum absolute atomic E-state index is 13.9. The standard InChI is InChI=1S/C30H36N2O4S/c1-6-30(7-2)19-26(25-12-8-9-14-28(25)36-30)31-29(33)20-32(27-13-10-11-22(4)23(27)5)37(34,35)24-17-15-21(3)16-18-24/h8-18,26H,6-7,19-20H2,1-5H3,(H,31,33). The molecule has 1 atom stereocenters. The molecule has 1 unspecified atom stereocenters. The highest BCUT2D eigenvalue weighted by atomic mass is 32.2. The van der Waals surface area contributed by atoms with Gasteiger partial charge >= 0.3 is 0 Å². The summed E-state index contributed by atoms with van der Waals surface area (Å²) in [6.07, 6.45) is 2.23. The molecule has 0 aromatic heterocycles. The molecule has 6 nitrogen and oxygen atoms in total. The Morgan fingerprint density at radius 3 is 2.32 bits per heavy atom. The van der Waals surface area contributed by atoms with Crippen molar-refractivity contribution in [2.24, 2.45) is 0 Å². The third-order valence-electron chi connectivity index (χ3n) is 7.56. The summed E-state index contributed by atoms with van der Waals surface area (Å²) < 4.78 is 35.3. The molecule has 1 amide bonds. The molecule has 1 N–H and O–H groups in total. The van der Waals surface area contributed by atoms with E-state index in [1.54, 1.807) is 30.3 Å². The van der Waals surface area contributed by atoms with Gasteiger partial charge in [-0.1, -0.05) is 61.9 Å². The molecule has 37 heavy (non-hydrogen) atoms. The van der Waals surface area contributed by atoms with Gasteiger partial charge in [-0.3, -0.25) is 9.10 Å². The van der Waals surface area contributed by atoms with Crippen LogP contribution in [0.25, 0.3) is 0 Å². The highest BCUT2D eigenvalue weighted by molar-refractivity contribution is 7.92. The quantitative estimate of drug-likeness (QED) is 0.395. The highest BCUT2D eigenvalue weighted by Gasteiger charge is 2.39. The van der Waals surface area contributed by atoms with Gasteiger partial charge in [-0.15, -0.1) is 0 Å². The van der Waals surface area contributed by atoms with E-state index >= 15 is 0 Å². The number of fused-ring (bicyclic) bond motifs is 1. The Morgan fingerprint density at radius 2 is 1.65 bits per heavy atom. The summed E-state index contributed by atoms with van der Waals surface area (Å²) >= 11 is 0. The van der Waals surface area contributed by atoms with Crippen LogP contribution in [0.5, 0.6) is 5.75 Å². The maximum Gasteiger partial charge on any atom is 0.264 e. The predicted octanol–water partition coefficient (Wildman–Crippen LogP) is 6.01. The van der Waals surface area contributed by atoms with Crippen molar-refractivity contribution in [1.82, 2.24) is 5.32 Å². The number of rotatable bonds is 8. The summed E-state index contributed by atoms with van der Waals surface area (Å²) in [5.74, 6) is 0.404. The molecule has 3 aromatic carbocycles. The number of nitrogens with zero attached hydrogens (tertiary/aromatic N) is 1. The van der Waals surface area contributed by atoms with Crippen LogP contribution in [0.15, 0.2) is 71.6 Å². The van der Waals surface area contributed by atoms with Gasteiger partial charge in [-0.2, -0.15) is 0 Å². The largest absolute Gasteiger partial charge is 0.487 e. The molecule has 1 aliphatic rings. The first-order valence-corrected chi connectivity index (χ1v) is 14.3. The molecular weight excluding hydrogens is 484 g/mol. The van der Waals surface area contributed by atoms with Crippen LogP contribution in [-0.2, 0) is 14.8 Å². The topological polar surface area (TPSA) is 75.7 Å². The summed E-state index contributed by atoms with van der Waals surface area (Å²) in [5.41, 5.74) is 3.76. The van der Waals surface area contributed by atoms with Crippen molar-refractivity contribution in [3.05, 3.63) is 89.0 Å². The Balaban J connectivity index is 1.69. The number of hydrogen-bond acceptors (Lipinski definition) is 4. The smallest absolute Gasteiger partial charge is 0.264 e. The number of amides is 1. The zero-order valence-electron chi connectivity index (χ0n) is 22.2. The minimum Gasteiger partial charge on any atom is -0.487 e. The Morgan fingerprint density at radius 1 is 0.973 bits per heavy atom. The highest BCUT2D eigenvalue weighted by Crippen LogP contribution is 2.42. The fraction of sp³-hybridized carbons (Fsp3) is 0.367. The Labute approximate surface area is 220 Å². The van der Waals surface area contributed by atoms with Crippen LogP contribution in [0, 0.1) is 20.8 Å². The number of benzene rings is 3. The van der Waals surface area contributed by atoms with Gasteiger partial charge in [0.15, 0.2) is 0 Å². The molecule has 0 spiro atoms.